The van der Waals surface area contributed by atoms with E-state index in [1.54, 1.807) is 26.0 Å². The molecule has 1 heterocycles. The Morgan fingerprint density at radius 1 is 1.30 bits per heavy atom. The van der Waals surface area contributed by atoms with E-state index in [4.69, 9.17) is 17.3 Å². The van der Waals surface area contributed by atoms with Crippen molar-refractivity contribution in [3.05, 3.63) is 46.6 Å². The van der Waals surface area contributed by atoms with E-state index in [9.17, 15) is 8.42 Å². The smallest absolute Gasteiger partial charge is 0.263 e. The fourth-order valence-corrected chi connectivity index (χ4v) is 3.40. The lowest BCUT2D eigenvalue weighted by Crippen LogP contribution is -2.16. The molecule has 0 unspecified atom stereocenters. The average Bonchev–Trinajstić information content (AvgIpc) is 2.36. The van der Waals surface area contributed by atoms with Gasteiger partial charge in [0.1, 0.15) is 5.82 Å². The molecule has 0 aliphatic rings. The minimum atomic E-state index is -3.79. The number of nitrogen functional groups attached to an aromatic ring is 1. The molecule has 0 spiro atoms. The number of halogens is 1. The molecule has 1 aromatic heterocycles. The van der Waals surface area contributed by atoms with Crippen LogP contribution in [-0.4, -0.2) is 13.4 Å². The zero-order chi connectivity index (χ0) is 14.9. The lowest BCUT2D eigenvalue weighted by Gasteiger charge is -2.13. The number of pyridine rings is 1. The van der Waals surface area contributed by atoms with Gasteiger partial charge in [-0.15, -0.1) is 0 Å². The number of hydrogen-bond acceptors (Lipinski definition) is 4. The van der Waals surface area contributed by atoms with Gasteiger partial charge in [0.25, 0.3) is 10.0 Å². The molecule has 0 amide bonds. The number of sulfonamides is 1. The van der Waals surface area contributed by atoms with E-state index in [1.165, 1.54) is 18.3 Å². The molecule has 1 aromatic carbocycles. The highest BCUT2D eigenvalue weighted by Gasteiger charge is 2.20. The lowest BCUT2D eigenvalue weighted by atomic mass is 10.2. The van der Waals surface area contributed by atoms with Crippen LogP contribution in [-0.2, 0) is 10.0 Å². The Labute approximate surface area is 122 Å². The number of nitrogens with zero attached hydrogens (tertiary/aromatic N) is 1. The molecule has 0 radical (unpaired) electrons. The van der Waals surface area contributed by atoms with Crippen LogP contribution >= 0.6 is 11.6 Å². The van der Waals surface area contributed by atoms with E-state index < -0.39 is 10.0 Å². The monoisotopic (exact) mass is 311 g/mol. The third-order valence-corrected chi connectivity index (χ3v) is 4.58. The Morgan fingerprint density at radius 3 is 2.65 bits per heavy atom. The molecule has 2 rings (SSSR count). The number of nitrogens with two attached hydrogens (primary N) is 1. The van der Waals surface area contributed by atoms with E-state index in [1.807, 2.05) is 0 Å². The van der Waals surface area contributed by atoms with Crippen molar-refractivity contribution in [1.29, 1.82) is 0 Å². The standard InChI is InChI=1S/C13H14ClN3O2S/c1-8-4-3-5-16-13(8)17-20(18,19)12-7-10(14)6-11(15)9(12)2/h3-7H,15H2,1-2H3,(H,16,17). The number of nitrogens with one attached hydrogen (secondary N) is 1. The predicted molar refractivity (Wildman–Crippen MR) is 80.4 cm³/mol. The number of anilines is 2. The maximum Gasteiger partial charge on any atom is 0.263 e. The van der Waals surface area contributed by atoms with E-state index in [2.05, 4.69) is 9.71 Å². The maximum absolute atomic E-state index is 12.4. The first-order valence-corrected chi connectivity index (χ1v) is 7.67. The van der Waals surface area contributed by atoms with E-state index in [0.29, 0.717) is 11.3 Å². The number of rotatable bonds is 3. The molecular formula is C13H14ClN3O2S. The first-order chi connectivity index (χ1) is 9.31. The van der Waals surface area contributed by atoms with Gasteiger partial charge in [-0.3, -0.25) is 4.72 Å². The van der Waals surface area contributed by atoms with Crippen LogP contribution in [0.15, 0.2) is 35.4 Å². The molecule has 0 bridgehead atoms. The highest BCUT2D eigenvalue weighted by Crippen LogP contribution is 2.27. The van der Waals surface area contributed by atoms with Crippen molar-refractivity contribution in [3.8, 4) is 0 Å². The van der Waals surface area contributed by atoms with Crippen LogP contribution in [0.4, 0.5) is 11.5 Å². The summed E-state index contributed by atoms with van der Waals surface area (Å²) in [6, 6.07) is 6.38. The number of aromatic nitrogens is 1. The minimum Gasteiger partial charge on any atom is -0.398 e. The van der Waals surface area contributed by atoms with E-state index >= 15 is 0 Å². The number of benzene rings is 1. The van der Waals surface area contributed by atoms with Crippen molar-refractivity contribution < 1.29 is 8.42 Å². The molecule has 20 heavy (non-hydrogen) atoms. The molecule has 0 saturated heterocycles. The lowest BCUT2D eigenvalue weighted by molar-refractivity contribution is 0.600. The van der Waals surface area contributed by atoms with Crippen molar-refractivity contribution in [2.75, 3.05) is 10.5 Å². The molecular weight excluding hydrogens is 298 g/mol. The SMILES string of the molecule is Cc1cccnc1NS(=O)(=O)c1cc(Cl)cc(N)c1C. The molecule has 106 valence electrons. The fourth-order valence-electron chi connectivity index (χ4n) is 1.73. The molecule has 0 fully saturated rings. The topological polar surface area (TPSA) is 85.1 Å². The third-order valence-electron chi connectivity index (χ3n) is 2.89. The van der Waals surface area contributed by atoms with Crippen LogP contribution < -0.4 is 10.5 Å². The maximum atomic E-state index is 12.4. The molecule has 0 aliphatic carbocycles. The minimum absolute atomic E-state index is 0.0487. The van der Waals surface area contributed by atoms with Crippen LogP contribution in [0.25, 0.3) is 0 Å². The highest BCUT2D eigenvalue weighted by molar-refractivity contribution is 7.92. The molecule has 0 aliphatic heterocycles. The van der Waals surface area contributed by atoms with Crippen molar-refractivity contribution in [3.63, 3.8) is 0 Å². The summed E-state index contributed by atoms with van der Waals surface area (Å²) in [5.74, 6) is 0.283. The molecule has 7 heteroatoms. The van der Waals surface area contributed by atoms with Gasteiger partial charge in [-0.25, -0.2) is 13.4 Å². The Hall–Kier alpha value is -1.79. The summed E-state index contributed by atoms with van der Waals surface area (Å²) in [7, 11) is -3.79. The highest BCUT2D eigenvalue weighted by atomic mass is 35.5. The summed E-state index contributed by atoms with van der Waals surface area (Å²) in [6.45, 7) is 3.40. The van der Waals surface area contributed by atoms with Gasteiger partial charge in [0.05, 0.1) is 4.90 Å². The Kier molecular flexibility index (Phi) is 3.87. The van der Waals surface area contributed by atoms with Crippen LogP contribution in [0.5, 0.6) is 0 Å². The molecule has 5 nitrogen and oxygen atoms in total. The van der Waals surface area contributed by atoms with Crippen molar-refractivity contribution in [2.45, 2.75) is 18.7 Å². The zero-order valence-corrected chi connectivity index (χ0v) is 12.6. The first-order valence-electron chi connectivity index (χ1n) is 5.81. The van der Waals surface area contributed by atoms with Gasteiger partial charge in [-0.05, 0) is 43.2 Å². The molecule has 0 saturated carbocycles. The van der Waals surface area contributed by atoms with Gasteiger partial charge in [-0.1, -0.05) is 17.7 Å². The van der Waals surface area contributed by atoms with Gasteiger partial charge in [-0.2, -0.15) is 0 Å². The number of hydrogen-bond donors (Lipinski definition) is 2. The van der Waals surface area contributed by atoms with Crippen molar-refractivity contribution in [1.82, 2.24) is 4.98 Å². The summed E-state index contributed by atoms with van der Waals surface area (Å²) in [5.41, 5.74) is 7.26. The van der Waals surface area contributed by atoms with Crippen molar-refractivity contribution in [2.24, 2.45) is 0 Å². The molecule has 0 atom stereocenters. The Bertz CT molecular complexity index is 760. The van der Waals surface area contributed by atoms with E-state index in [-0.39, 0.29) is 15.7 Å². The van der Waals surface area contributed by atoms with Crippen LogP contribution in [0.3, 0.4) is 0 Å². The normalized spacial score (nSPS) is 11.3. The summed E-state index contributed by atoms with van der Waals surface area (Å²) < 4.78 is 27.3. The zero-order valence-electron chi connectivity index (χ0n) is 11.0. The summed E-state index contributed by atoms with van der Waals surface area (Å²) in [4.78, 5) is 4.06. The van der Waals surface area contributed by atoms with Gasteiger partial charge < -0.3 is 5.73 Å². The molecule has 2 aromatic rings. The Balaban J connectivity index is 2.49. The first kappa shape index (κ1) is 14.6. The van der Waals surface area contributed by atoms with E-state index in [0.717, 1.165) is 5.56 Å². The summed E-state index contributed by atoms with van der Waals surface area (Å²) in [6.07, 6.45) is 1.52. The van der Waals surface area contributed by atoms with Crippen LogP contribution in [0.1, 0.15) is 11.1 Å². The Morgan fingerprint density at radius 2 is 2.00 bits per heavy atom. The van der Waals surface area contributed by atoms with Gasteiger partial charge in [0.15, 0.2) is 0 Å². The average molecular weight is 312 g/mol. The summed E-state index contributed by atoms with van der Waals surface area (Å²) in [5, 5.41) is 0.270. The second kappa shape index (κ2) is 5.30. The van der Waals surface area contributed by atoms with Gasteiger partial charge in [0.2, 0.25) is 0 Å². The predicted octanol–water partition coefficient (Wildman–Crippen LogP) is 2.73. The van der Waals surface area contributed by atoms with Gasteiger partial charge in [0, 0.05) is 16.9 Å². The molecule has 3 N–H and O–H groups in total. The largest absolute Gasteiger partial charge is 0.398 e. The quantitative estimate of drug-likeness (QED) is 0.853. The second-order valence-electron chi connectivity index (χ2n) is 4.39. The second-order valence-corrected chi connectivity index (χ2v) is 6.48. The van der Waals surface area contributed by atoms with Crippen molar-refractivity contribution >= 4 is 33.1 Å². The third kappa shape index (κ3) is 2.86. The van der Waals surface area contributed by atoms with Crippen LogP contribution in [0, 0.1) is 13.8 Å². The van der Waals surface area contributed by atoms with Gasteiger partial charge >= 0.3 is 0 Å². The summed E-state index contributed by atoms with van der Waals surface area (Å²) >= 11 is 5.87. The van der Waals surface area contributed by atoms with Crippen LogP contribution in [0.2, 0.25) is 5.02 Å². The fraction of sp³-hybridized carbons (Fsp3) is 0.154. The number of aryl methyl sites for hydroxylation is 1.